The van der Waals surface area contributed by atoms with Gasteiger partial charge in [0.05, 0.1) is 4.92 Å². The van der Waals surface area contributed by atoms with Gasteiger partial charge < -0.3 is 5.73 Å². The largest absolute Gasteiger partial charge is 0.325 e. The molecule has 0 aliphatic heterocycles. The number of aryl methyl sites for hydroxylation is 1. The van der Waals surface area contributed by atoms with Gasteiger partial charge in [-0.15, -0.1) is 0 Å². The van der Waals surface area contributed by atoms with Gasteiger partial charge in [-0.1, -0.05) is 31.0 Å². The van der Waals surface area contributed by atoms with E-state index in [4.69, 9.17) is 5.73 Å². The van der Waals surface area contributed by atoms with Gasteiger partial charge in [-0.2, -0.15) is 0 Å². The third-order valence-electron chi connectivity index (χ3n) is 3.68. The second-order valence-electron chi connectivity index (χ2n) is 4.96. The summed E-state index contributed by atoms with van der Waals surface area (Å²) in [7, 11) is 0. The van der Waals surface area contributed by atoms with E-state index >= 15 is 0 Å². The summed E-state index contributed by atoms with van der Waals surface area (Å²) >= 11 is 0. The Hall–Kier alpha value is -1.42. The summed E-state index contributed by atoms with van der Waals surface area (Å²) in [4.78, 5) is 10.6. The highest BCUT2D eigenvalue weighted by atomic mass is 16.6. The summed E-state index contributed by atoms with van der Waals surface area (Å²) in [5, 5.41) is 10.9. The van der Waals surface area contributed by atoms with Crippen molar-refractivity contribution in [3.8, 4) is 0 Å². The SMILES string of the molecule is NC1(CCc2ccccc2[N+](=O)[O-])CCCC1. The molecule has 2 N–H and O–H groups in total. The third kappa shape index (κ3) is 2.82. The molecule has 1 aliphatic rings. The maximum absolute atomic E-state index is 10.9. The predicted octanol–water partition coefficient (Wildman–Crippen LogP) is 2.80. The monoisotopic (exact) mass is 234 g/mol. The first-order valence-electron chi connectivity index (χ1n) is 6.12. The smallest absolute Gasteiger partial charge is 0.272 e. The minimum atomic E-state index is -0.312. The predicted molar refractivity (Wildman–Crippen MR) is 66.8 cm³/mol. The van der Waals surface area contributed by atoms with Crippen molar-refractivity contribution in [2.45, 2.75) is 44.1 Å². The Balaban J connectivity index is 2.06. The Morgan fingerprint density at radius 1 is 1.29 bits per heavy atom. The van der Waals surface area contributed by atoms with Gasteiger partial charge in [-0.25, -0.2) is 0 Å². The number of hydrogen-bond acceptors (Lipinski definition) is 3. The van der Waals surface area contributed by atoms with E-state index in [-0.39, 0.29) is 16.1 Å². The summed E-state index contributed by atoms with van der Waals surface area (Å²) < 4.78 is 0. The Morgan fingerprint density at radius 2 is 1.94 bits per heavy atom. The molecule has 0 heterocycles. The van der Waals surface area contributed by atoms with Gasteiger partial charge in [0.25, 0.3) is 5.69 Å². The molecule has 0 atom stereocenters. The van der Waals surface area contributed by atoms with Crippen LogP contribution in [0.4, 0.5) is 5.69 Å². The van der Waals surface area contributed by atoms with Crippen molar-refractivity contribution < 1.29 is 4.92 Å². The highest BCUT2D eigenvalue weighted by Gasteiger charge is 2.29. The molecule has 0 unspecified atom stereocenters. The molecule has 1 aromatic rings. The number of nitrogens with zero attached hydrogens (tertiary/aromatic N) is 1. The van der Waals surface area contributed by atoms with E-state index in [1.807, 2.05) is 12.1 Å². The van der Waals surface area contributed by atoms with Gasteiger partial charge in [-0.05, 0) is 25.7 Å². The number of hydrogen-bond donors (Lipinski definition) is 1. The number of nitro groups is 1. The molecule has 4 nitrogen and oxygen atoms in total. The molecule has 17 heavy (non-hydrogen) atoms. The van der Waals surface area contributed by atoms with Crippen LogP contribution in [0.25, 0.3) is 0 Å². The van der Waals surface area contributed by atoms with E-state index in [1.165, 1.54) is 12.8 Å². The lowest BCUT2D eigenvalue weighted by atomic mass is 9.90. The van der Waals surface area contributed by atoms with Crippen molar-refractivity contribution in [2.24, 2.45) is 5.73 Å². The zero-order chi connectivity index (χ0) is 12.3. The molecule has 4 heteroatoms. The van der Waals surface area contributed by atoms with Crippen LogP contribution in [0.1, 0.15) is 37.7 Å². The first-order valence-corrected chi connectivity index (χ1v) is 6.12. The van der Waals surface area contributed by atoms with Gasteiger partial charge in [0.15, 0.2) is 0 Å². The lowest BCUT2D eigenvalue weighted by Gasteiger charge is -2.23. The molecule has 0 bridgehead atoms. The highest BCUT2D eigenvalue weighted by molar-refractivity contribution is 5.39. The summed E-state index contributed by atoms with van der Waals surface area (Å²) in [6.45, 7) is 0. The average molecular weight is 234 g/mol. The molecule has 1 aromatic carbocycles. The first kappa shape index (κ1) is 12.0. The number of rotatable bonds is 4. The van der Waals surface area contributed by atoms with E-state index in [1.54, 1.807) is 12.1 Å². The summed E-state index contributed by atoms with van der Waals surface area (Å²) in [6.07, 6.45) is 6.02. The van der Waals surface area contributed by atoms with Crippen LogP contribution in [0, 0.1) is 10.1 Å². The number of benzene rings is 1. The van der Waals surface area contributed by atoms with Crippen LogP contribution in [0.5, 0.6) is 0 Å². The van der Waals surface area contributed by atoms with Crippen molar-refractivity contribution in [3.63, 3.8) is 0 Å². The van der Waals surface area contributed by atoms with Crippen molar-refractivity contribution in [3.05, 3.63) is 39.9 Å². The molecule has 92 valence electrons. The van der Waals surface area contributed by atoms with E-state index in [2.05, 4.69) is 0 Å². The van der Waals surface area contributed by atoms with Crippen LogP contribution in [0.15, 0.2) is 24.3 Å². The number of para-hydroxylation sites is 1. The van der Waals surface area contributed by atoms with E-state index in [0.717, 1.165) is 24.8 Å². The van der Waals surface area contributed by atoms with Crippen LogP contribution in [-0.4, -0.2) is 10.5 Å². The molecule has 1 fully saturated rings. The van der Waals surface area contributed by atoms with Gasteiger partial charge in [0, 0.05) is 17.2 Å². The lowest BCUT2D eigenvalue weighted by molar-refractivity contribution is -0.385. The third-order valence-corrected chi connectivity index (χ3v) is 3.68. The van der Waals surface area contributed by atoms with Gasteiger partial charge in [-0.3, -0.25) is 10.1 Å². The fourth-order valence-corrected chi connectivity index (χ4v) is 2.61. The molecule has 1 aliphatic carbocycles. The van der Waals surface area contributed by atoms with E-state index < -0.39 is 0 Å². The minimum absolute atomic E-state index is 0.0935. The first-order chi connectivity index (χ1) is 8.11. The second-order valence-corrected chi connectivity index (χ2v) is 4.96. The zero-order valence-corrected chi connectivity index (χ0v) is 9.89. The average Bonchev–Trinajstić information content (AvgIpc) is 2.74. The fraction of sp³-hybridized carbons (Fsp3) is 0.538. The van der Waals surface area contributed by atoms with Gasteiger partial charge in [0.2, 0.25) is 0 Å². The Morgan fingerprint density at radius 3 is 2.59 bits per heavy atom. The van der Waals surface area contributed by atoms with Gasteiger partial charge in [0.1, 0.15) is 0 Å². The maximum atomic E-state index is 10.9. The van der Waals surface area contributed by atoms with Crippen molar-refractivity contribution in [1.29, 1.82) is 0 Å². The lowest BCUT2D eigenvalue weighted by Crippen LogP contribution is -2.36. The van der Waals surface area contributed by atoms with Gasteiger partial charge >= 0.3 is 0 Å². The van der Waals surface area contributed by atoms with Crippen LogP contribution < -0.4 is 5.73 Å². The molecule has 0 radical (unpaired) electrons. The topological polar surface area (TPSA) is 69.2 Å². The highest BCUT2D eigenvalue weighted by Crippen LogP contribution is 2.32. The summed E-state index contributed by atoms with van der Waals surface area (Å²) in [5.74, 6) is 0. The minimum Gasteiger partial charge on any atom is -0.325 e. The summed E-state index contributed by atoms with van der Waals surface area (Å²) in [5.41, 5.74) is 7.19. The summed E-state index contributed by atoms with van der Waals surface area (Å²) in [6, 6.07) is 6.94. The Bertz CT molecular complexity index is 412. The van der Waals surface area contributed by atoms with Crippen molar-refractivity contribution >= 4 is 5.69 Å². The normalized spacial score (nSPS) is 18.2. The molecule has 0 spiro atoms. The van der Waals surface area contributed by atoms with Crippen molar-refractivity contribution in [1.82, 2.24) is 0 Å². The quantitative estimate of drug-likeness (QED) is 0.643. The Labute approximate surface area is 101 Å². The Kier molecular flexibility index (Phi) is 3.43. The zero-order valence-electron chi connectivity index (χ0n) is 9.89. The molecule has 2 rings (SSSR count). The maximum Gasteiger partial charge on any atom is 0.272 e. The molecule has 0 saturated heterocycles. The van der Waals surface area contributed by atoms with Crippen LogP contribution in [0.2, 0.25) is 0 Å². The van der Waals surface area contributed by atoms with Crippen molar-refractivity contribution in [2.75, 3.05) is 0 Å². The molecular formula is C13H18N2O2. The second kappa shape index (κ2) is 4.84. The fourth-order valence-electron chi connectivity index (χ4n) is 2.61. The van der Waals surface area contributed by atoms with Crippen LogP contribution in [-0.2, 0) is 6.42 Å². The van der Waals surface area contributed by atoms with Crippen LogP contribution >= 0.6 is 0 Å². The van der Waals surface area contributed by atoms with Crippen LogP contribution in [0.3, 0.4) is 0 Å². The number of nitrogens with two attached hydrogens (primary N) is 1. The number of nitro benzene ring substituents is 1. The van der Waals surface area contributed by atoms with E-state index in [0.29, 0.717) is 6.42 Å². The van der Waals surface area contributed by atoms with E-state index in [9.17, 15) is 10.1 Å². The molecule has 0 aromatic heterocycles. The molecule has 0 amide bonds. The standard InChI is InChI=1S/C13H18N2O2/c14-13(8-3-4-9-13)10-7-11-5-1-2-6-12(11)15(16)17/h1-2,5-6H,3-4,7-10,14H2. The molecule has 1 saturated carbocycles. The molecular weight excluding hydrogens is 216 g/mol.